The van der Waals surface area contributed by atoms with E-state index in [-0.39, 0.29) is 5.91 Å². The fraction of sp³-hybridized carbons (Fsp3) is 0.182. The van der Waals surface area contributed by atoms with Gasteiger partial charge in [0.15, 0.2) is 0 Å². The summed E-state index contributed by atoms with van der Waals surface area (Å²) in [5, 5.41) is 6.13. The molecular weight excluding hydrogens is 354 g/mol. The second kappa shape index (κ2) is 8.43. The summed E-state index contributed by atoms with van der Waals surface area (Å²) < 4.78 is 10.5. The number of carbonyl (C=O) groups is 1. The molecule has 0 saturated carbocycles. The number of nitrogens with zero attached hydrogens (tertiary/aromatic N) is 1. The molecule has 0 fully saturated rings. The SMILES string of the molecule is COc1ccc(NC(=O)c2cc(Nc3ccc(C)c(C)c3)ccn2)c(OC)c1. The molecule has 0 radical (unpaired) electrons. The Morgan fingerprint density at radius 2 is 1.68 bits per heavy atom. The van der Waals surface area contributed by atoms with E-state index in [1.54, 1.807) is 37.6 Å². The van der Waals surface area contributed by atoms with Crippen LogP contribution in [0.1, 0.15) is 21.6 Å². The van der Waals surface area contributed by atoms with Crippen molar-refractivity contribution in [2.75, 3.05) is 24.9 Å². The molecule has 0 aliphatic rings. The van der Waals surface area contributed by atoms with Crippen molar-refractivity contribution >= 4 is 23.0 Å². The maximum atomic E-state index is 12.7. The Morgan fingerprint density at radius 1 is 0.893 bits per heavy atom. The van der Waals surface area contributed by atoms with Gasteiger partial charge in [-0.05, 0) is 61.4 Å². The van der Waals surface area contributed by atoms with Gasteiger partial charge in [-0.15, -0.1) is 0 Å². The summed E-state index contributed by atoms with van der Waals surface area (Å²) in [7, 11) is 3.11. The molecule has 3 aromatic rings. The first-order chi connectivity index (χ1) is 13.5. The summed E-state index contributed by atoms with van der Waals surface area (Å²) in [5.74, 6) is 0.830. The molecule has 0 saturated heterocycles. The van der Waals surface area contributed by atoms with Gasteiger partial charge in [0.1, 0.15) is 17.2 Å². The van der Waals surface area contributed by atoms with E-state index in [4.69, 9.17) is 9.47 Å². The van der Waals surface area contributed by atoms with Crippen molar-refractivity contribution in [3.63, 3.8) is 0 Å². The second-order valence-electron chi connectivity index (χ2n) is 6.37. The predicted molar refractivity (Wildman–Crippen MR) is 111 cm³/mol. The smallest absolute Gasteiger partial charge is 0.274 e. The van der Waals surface area contributed by atoms with Gasteiger partial charge in [-0.1, -0.05) is 6.07 Å². The highest BCUT2D eigenvalue weighted by Crippen LogP contribution is 2.29. The number of aromatic nitrogens is 1. The standard InChI is InChI=1S/C22H23N3O3/c1-14-5-6-16(11-15(14)2)24-17-9-10-23-20(12-17)22(26)25-19-8-7-18(27-3)13-21(19)28-4/h5-13H,1-4H3,(H,23,24)(H,25,26). The summed E-state index contributed by atoms with van der Waals surface area (Å²) in [6.07, 6.45) is 1.60. The minimum Gasteiger partial charge on any atom is -0.497 e. The quantitative estimate of drug-likeness (QED) is 0.651. The number of methoxy groups -OCH3 is 2. The van der Waals surface area contributed by atoms with Gasteiger partial charge in [-0.2, -0.15) is 0 Å². The normalized spacial score (nSPS) is 10.3. The lowest BCUT2D eigenvalue weighted by Gasteiger charge is -2.12. The third kappa shape index (κ3) is 4.40. The molecule has 1 heterocycles. The van der Waals surface area contributed by atoms with E-state index in [2.05, 4.69) is 41.6 Å². The molecule has 1 amide bonds. The van der Waals surface area contributed by atoms with E-state index in [1.165, 1.54) is 18.2 Å². The number of nitrogens with one attached hydrogen (secondary N) is 2. The molecule has 2 aromatic carbocycles. The molecule has 0 bridgehead atoms. The monoisotopic (exact) mass is 377 g/mol. The van der Waals surface area contributed by atoms with Crippen molar-refractivity contribution in [3.8, 4) is 11.5 Å². The van der Waals surface area contributed by atoms with Crippen LogP contribution >= 0.6 is 0 Å². The van der Waals surface area contributed by atoms with Crippen molar-refractivity contribution in [2.24, 2.45) is 0 Å². The van der Waals surface area contributed by atoms with Crippen LogP contribution in [-0.2, 0) is 0 Å². The number of carbonyl (C=O) groups excluding carboxylic acids is 1. The van der Waals surface area contributed by atoms with E-state index in [0.29, 0.717) is 22.9 Å². The number of rotatable bonds is 6. The number of ether oxygens (including phenoxy) is 2. The molecule has 0 unspecified atom stereocenters. The van der Waals surface area contributed by atoms with Crippen molar-refractivity contribution < 1.29 is 14.3 Å². The lowest BCUT2D eigenvalue weighted by atomic mass is 10.1. The first kappa shape index (κ1) is 19.2. The minimum absolute atomic E-state index is 0.298. The van der Waals surface area contributed by atoms with Crippen LogP contribution in [0.2, 0.25) is 0 Å². The van der Waals surface area contributed by atoms with E-state index in [1.807, 2.05) is 12.1 Å². The molecule has 6 heteroatoms. The highest BCUT2D eigenvalue weighted by molar-refractivity contribution is 6.04. The molecular formula is C22H23N3O3. The third-order valence-corrected chi connectivity index (χ3v) is 4.45. The number of pyridine rings is 1. The highest BCUT2D eigenvalue weighted by atomic mass is 16.5. The van der Waals surface area contributed by atoms with E-state index >= 15 is 0 Å². The Bertz CT molecular complexity index is 1000. The number of amides is 1. The summed E-state index contributed by atoms with van der Waals surface area (Å²) in [6, 6.07) is 14.8. The van der Waals surface area contributed by atoms with Crippen LogP contribution in [0.4, 0.5) is 17.1 Å². The third-order valence-electron chi connectivity index (χ3n) is 4.45. The van der Waals surface area contributed by atoms with Crippen molar-refractivity contribution in [1.29, 1.82) is 0 Å². The molecule has 144 valence electrons. The van der Waals surface area contributed by atoms with E-state index in [9.17, 15) is 4.79 Å². The molecule has 0 aliphatic heterocycles. The molecule has 0 spiro atoms. The highest BCUT2D eigenvalue weighted by Gasteiger charge is 2.12. The van der Waals surface area contributed by atoms with Crippen LogP contribution < -0.4 is 20.1 Å². The Hall–Kier alpha value is -3.54. The van der Waals surface area contributed by atoms with Gasteiger partial charge >= 0.3 is 0 Å². The Labute approximate surface area is 164 Å². The van der Waals surface area contributed by atoms with Crippen molar-refractivity contribution in [3.05, 3.63) is 71.5 Å². The second-order valence-corrected chi connectivity index (χ2v) is 6.37. The Kier molecular flexibility index (Phi) is 5.79. The number of hydrogen-bond acceptors (Lipinski definition) is 5. The van der Waals surface area contributed by atoms with Gasteiger partial charge in [-0.3, -0.25) is 9.78 Å². The van der Waals surface area contributed by atoms with Gasteiger partial charge in [0.25, 0.3) is 5.91 Å². The lowest BCUT2D eigenvalue weighted by Crippen LogP contribution is -2.14. The minimum atomic E-state index is -0.327. The molecule has 2 N–H and O–H groups in total. The lowest BCUT2D eigenvalue weighted by molar-refractivity contribution is 0.102. The maximum absolute atomic E-state index is 12.7. The molecule has 0 aliphatic carbocycles. The van der Waals surface area contributed by atoms with Crippen molar-refractivity contribution in [2.45, 2.75) is 13.8 Å². The number of anilines is 3. The van der Waals surface area contributed by atoms with Crippen molar-refractivity contribution in [1.82, 2.24) is 4.98 Å². The molecule has 1 aromatic heterocycles. The van der Waals surface area contributed by atoms with E-state index in [0.717, 1.165) is 11.4 Å². The van der Waals surface area contributed by atoms with Gasteiger partial charge in [-0.25, -0.2) is 0 Å². The van der Waals surface area contributed by atoms with Crippen LogP contribution in [0.5, 0.6) is 11.5 Å². The van der Waals surface area contributed by atoms with Gasteiger partial charge in [0.2, 0.25) is 0 Å². The molecule has 0 atom stereocenters. The summed E-state index contributed by atoms with van der Waals surface area (Å²) in [6.45, 7) is 4.13. The van der Waals surface area contributed by atoms with Gasteiger partial charge in [0, 0.05) is 23.6 Å². The van der Waals surface area contributed by atoms with Crippen LogP contribution in [0, 0.1) is 13.8 Å². The zero-order chi connectivity index (χ0) is 20.1. The summed E-state index contributed by atoms with van der Waals surface area (Å²) >= 11 is 0. The van der Waals surface area contributed by atoms with Crippen LogP contribution in [0.15, 0.2) is 54.7 Å². The van der Waals surface area contributed by atoms with Crippen LogP contribution in [-0.4, -0.2) is 25.1 Å². The molecule has 28 heavy (non-hydrogen) atoms. The fourth-order valence-corrected chi connectivity index (χ4v) is 2.71. The summed E-state index contributed by atoms with van der Waals surface area (Å²) in [4.78, 5) is 16.8. The average Bonchev–Trinajstić information content (AvgIpc) is 2.71. The van der Waals surface area contributed by atoms with Crippen LogP contribution in [0.25, 0.3) is 0 Å². The topological polar surface area (TPSA) is 72.5 Å². The van der Waals surface area contributed by atoms with Gasteiger partial charge in [0.05, 0.1) is 19.9 Å². The first-order valence-corrected chi connectivity index (χ1v) is 8.84. The Morgan fingerprint density at radius 3 is 2.39 bits per heavy atom. The predicted octanol–water partition coefficient (Wildman–Crippen LogP) is 4.71. The maximum Gasteiger partial charge on any atom is 0.274 e. The first-order valence-electron chi connectivity index (χ1n) is 8.84. The number of hydrogen-bond donors (Lipinski definition) is 2. The molecule has 3 rings (SSSR count). The summed E-state index contributed by atoms with van der Waals surface area (Å²) in [5.41, 5.74) is 5.01. The zero-order valence-corrected chi connectivity index (χ0v) is 16.4. The van der Waals surface area contributed by atoms with E-state index < -0.39 is 0 Å². The van der Waals surface area contributed by atoms with Gasteiger partial charge < -0.3 is 20.1 Å². The number of benzene rings is 2. The Balaban J connectivity index is 1.78. The average molecular weight is 377 g/mol. The zero-order valence-electron chi connectivity index (χ0n) is 16.4. The largest absolute Gasteiger partial charge is 0.497 e. The number of aryl methyl sites for hydroxylation is 2. The van der Waals surface area contributed by atoms with Crippen LogP contribution in [0.3, 0.4) is 0 Å². The fourth-order valence-electron chi connectivity index (χ4n) is 2.71. The molecule has 6 nitrogen and oxygen atoms in total.